The third-order valence-corrected chi connectivity index (χ3v) is 3.10. The monoisotopic (exact) mass is 235 g/mol. The normalized spacial score (nSPS) is 20.8. The summed E-state index contributed by atoms with van der Waals surface area (Å²) in [6.07, 6.45) is 2.32. The number of ether oxygens (including phenoxy) is 1. The largest absolute Gasteiger partial charge is 0.384 e. The molecule has 0 radical (unpaired) electrons. The number of nitrogens with zero attached hydrogens (tertiary/aromatic N) is 2. The molecule has 1 unspecified atom stereocenters. The molecule has 0 aromatic carbocycles. The Hall–Kier alpha value is -1.13. The summed E-state index contributed by atoms with van der Waals surface area (Å²) in [6.45, 7) is 2.53. The van der Waals surface area contributed by atoms with Crippen LogP contribution in [0.1, 0.15) is 30.0 Å². The maximum Gasteiger partial charge on any atom is 0.123 e. The first-order valence-corrected chi connectivity index (χ1v) is 6.14. The van der Waals surface area contributed by atoms with E-state index < -0.39 is 0 Å². The van der Waals surface area contributed by atoms with Crippen LogP contribution in [-0.4, -0.2) is 37.2 Å². The summed E-state index contributed by atoms with van der Waals surface area (Å²) in [5.41, 5.74) is 8.16. The molecule has 0 saturated carbocycles. The molecule has 4 nitrogen and oxygen atoms in total. The molecule has 1 aromatic rings. The lowest BCUT2D eigenvalue weighted by atomic mass is 9.92. The Bertz CT molecular complexity index is 373. The van der Waals surface area contributed by atoms with Crippen LogP contribution in [0, 0.1) is 0 Å². The number of nitrogen functional groups attached to an aromatic ring is 1. The molecule has 2 N–H and O–H groups in total. The third-order valence-electron chi connectivity index (χ3n) is 3.10. The predicted octanol–water partition coefficient (Wildman–Crippen LogP) is 1.62. The smallest absolute Gasteiger partial charge is 0.123 e. The van der Waals surface area contributed by atoms with E-state index in [0.29, 0.717) is 11.7 Å². The van der Waals surface area contributed by atoms with Crippen molar-refractivity contribution in [3.8, 4) is 0 Å². The Morgan fingerprint density at radius 3 is 2.94 bits per heavy atom. The lowest BCUT2D eigenvalue weighted by molar-refractivity contribution is 0.0799. The van der Waals surface area contributed by atoms with Gasteiger partial charge in [0.1, 0.15) is 5.82 Å². The van der Waals surface area contributed by atoms with Crippen molar-refractivity contribution in [2.75, 3.05) is 33.0 Å². The van der Waals surface area contributed by atoms with Gasteiger partial charge in [-0.1, -0.05) is 6.07 Å². The highest BCUT2D eigenvalue weighted by Crippen LogP contribution is 2.28. The molecular weight excluding hydrogens is 214 g/mol. The van der Waals surface area contributed by atoms with E-state index in [1.165, 1.54) is 12.0 Å². The van der Waals surface area contributed by atoms with E-state index in [9.17, 15) is 0 Å². The zero-order valence-corrected chi connectivity index (χ0v) is 10.6. The second-order valence-electron chi connectivity index (χ2n) is 4.92. The van der Waals surface area contributed by atoms with E-state index in [2.05, 4.69) is 16.0 Å². The molecular formula is C13H21N3O. The predicted molar refractivity (Wildman–Crippen MR) is 68.8 cm³/mol. The fourth-order valence-corrected chi connectivity index (χ4v) is 2.31. The van der Waals surface area contributed by atoms with Crippen LogP contribution in [0.3, 0.4) is 0 Å². The van der Waals surface area contributed by atoms with Crippen LogP contribution in [0.4, 0.5) is 5.82 Å². The number of pyridine rings is 1. The summed E-state index contributed by atoms with van der Waals surface area (Å²) in [6, 6.07) is 4.00. The number of aromatic nitrogens is 1. The van der Waals surface area contributed by atoms with Crippen LogP contribution in [0.5, 0.6) is 0 Å². The summed E-state index contributed by atoms with van der Waals surface area (Å²) in [5.74, 6) is 1.08. The van der Waals surface area contributed by atoms with Gasteiger partial charge >= 0.3 is 0 Å². The quantitative estimate of drug-likeness (QED) is 0.865. The first kappa shape index (κ1) is 12.3. The molecule has 17 heavy (non-hydrogen) atoms. The molecule has 1 aliphatic rings. The maximum atomic E-state index is 5.77. The van der Waals surface area contributed by atoms with E-state index in [1.807, 2.05) is 20.2 Å². The molecule has 1 atom stereocenters. The number of hydrogen-bond acceptors (Lipinski definition) is 4. The topological polar surface area (TPSA) is 51.4 Å². The van der Waals surface area contributed by atoms with Crippen LogP contribution in [0.25, 0.3) is 0 Å². The van der Waals surface area contributed by atoms with Crippen molar-refractivity contribution in [1.82, 2.24) is 9.88 Å². The molecule has 1 saturated heterocycles. The lowest BCUT2D eigenvalue weighted by Crippen LogP contribution is -2.20. The fraction of sp³-hybridized carbons (Fsp3) is 0.615. The minimum Gasteiger partial charge on any atom is -0.384 e. The molecule has 0 bridgehead atoms. The molecule has 1 aromatic heterocycles. The van der Waals surface area contributed by atoms with E-state index >= 15 is 0 Å². The molecule has 94 valence electrons. The highest BCUT2D eigenvalue weighted by Gasteiger charge is 2.20. The van der Waals surface area contributed by atoms with Crippen LogP contribution < -0.4 is 5.73 Å². The summed E-state index contributed by atoms with van der Waals surface area (Å²) in [5, 5.41) is 0. The Balaban J connectivity index is 2.24. The van der Waals surface area contributed by atoms with Crippen LogP contribution in [-0.2, 0) is 11.3 Å². The first-order valence-electron chi connectivity index (χ1n) is 6.14. The molecule has 0 spiro atoms. The average molecular weight is 235 g/mol. The van der Waals surface area contributed by atoms with Gasteiger partial charge in [-0.25, -0.2) is 4.98 Å². The standard InChI is InChI=1S/C13H21N3O/c1-16(2)8-12-11(5-6-13(14)15-12)10-4-3-7-17-9-10/h5-6,10H,3-4,7-9H2,1-2H3,(H2,14,15). The van der Waals surface area contributed by atoms with Crippen molar-refractivity contribution in [2.45, 2.75) is 25.3 Å². The number of nitrogens with two attached hydrogens (primary N) is 1. The minimum absolute atomic E-state index is 0.479. The van der Waals surface area contributed by atoms with Gasteiger partial charge in [-0.05, 0) is 38.6 Å². The maximum absolute atomic E-state index is 5.77. The fourth-order valence-electron chi connectivity index (χ4n) is 2.31. The van der Waals surface area contributed by atoms with Crippen molar-refractivity contribution >= 4 is 5.82 Å². The summed E-state index contributed by atoms with van der Waals surface area (Å²) < 4.78 is 5.55. The second kappa shape index (κ2) is 5.47. The lowest BCUT2D eigenvalue weighted by Gasteiger charge is -2.25. The van der Waals surface area contributed by atoms with Crippen molar-refractivity contribution in [2.24, 2.45) is 0 Å². The van der Waals surface area contributed by atoms with Crippen molar-refractivity contribution < 1.29 is 4.74 Å². The molecule has 1 aliphatic heterocycles. The van der Waals surface area contributed by atoms with Gasteiger partial charge in [0, 0.05) is 19.1 Å². The van der Waals surface area contributed by atoms with E-state index in [-0.39, 0.29) is 0 Å². The summed E-state index contributed by atoms with van der Waals surface area (Å²) in [4.78, 5) is 6.59. The molecule has 0 aliphatic carbocycles. The van der Waals surface area contributed by atoms with Gasteiger partial charge in [0.05, 0.1) is 12.3 Å². The Kier molecular flexibility index (Phi) is 3.97. The van der Waals surface area contributed by atoms with Crippen LogP contribution >= 0.6 is 0 Å². The zero-order chi connectivity index (χ0) is 12.3. The van der Waals surface area contributed by atoms with Gasteiger partial charge in [-0.2, -0.15) is 0 Å². The van der Waals surface area contributed by atoms with Gasteiger partial charge in [0.25, 0.3) is 0 Å². The second-order valence-corrected chi connectivity index (χ2v) is 4.92. The highest BCUT2D eigenvalue weighted by atomic mass is 16.5. The molecule has 2 heterocycles. The summed E-state index contributed by atoms with van der Waals surface area (Å²) >= 11 is 0. The molecule has 1 fully saturated rings. The molecule has 4 heteroatoms. The third kappa shape index (κ3) is 3.17. The SMILES string of the molecule is CN(C)Cc1nc(N)ccc1C1CCCOC1. The Morgan fingerprint density at radius 1 is 1.47 bits per heavy atom. The Labute approximate surface area is 103 Å². The molecule has 2 rings (SSSR count). The highest BCUT2D eigenvalue weighted by molar-refractivity contribution is 5.36. The summed E-state index contributed by atoms with van der Waals surface area (Å²) in [7, 11) is 4.10. The van der Waals surface area contributed by atoms with Gasteiger partial charge in [0.15, 0.2) is 0 Å². The van der Waals surface area contributed by atoms with Crippen LogP contribution in [0.2, 0.25) is 0 Å². The van der Waals surface area contributed by atoms with Gasteiger partial charge in [-0.3, -0.25) is 0 Å². The molecule has 0 amide bonds. The van der Waals surface area contributed by atoms with Gasteiger partial charge in [0.2, 0.25) is 0 Å². The van der Waals surface area contributed by atoms with Gasteiger partial charge < -0.3 is 15.4 Å². The van der Waals surface area contributed by atoms with E-state index in [4.69, 9.17) is 10.5 Å². The van der Waals surface area contributed by atoms with Gasteiger partial charge in [-0.15, -0.1) is 0 Å². The first-order chi connectivity index (χ1) is 8.16. The zero-order valence-electron chi connectivity index (χ0n) is 10.6. The Morgan fingerprint density at radius 2 is 2.29 bits per heavy atom. The van der Waals surface area contributed by atoms with Crippen molar-refractivity contribution in [1.29, 1.82) is 0 Å². The average Bonchev–Trinajstić information content (AvgIpc) is 2.29. The van der Waals surface area contributed by atoms with Crippen molar-refractivity contribution in [3.63, 3.8) is 0 Å². The van der Waals surface area contributed by atoms with E-state index in [1.54, 1.807) is 0 Å². The minimum atomic E-state index is 0.479. The van der Waals surface area contributed by atoms with E-state index in [0.717, 1.165) is 31.9 Å². The number of anilines is 1. The van der Waals surface area contributed by atoms with Crippen molar-refractivity contribution in [3.05, 3.63) is 23.4 Å². The number of rotatable bonds is 3. The van der Waals surface area contributed by atoms with Crippen LogP contribution in [0.15, 0.2) is 12.1 Å². The number of hydrogen-bond donors (Lipinski definition) is 1.